The van der Waals surface area contributed by atoms with E-state index in [1.54, 1.807) is 0 Å². The van der Waals surface area contributed by atoms with Crippen LogP contribution in [0.3, 0.4) is 0 Å². The molecular formula is C16H25NO2. The molecule has 0 atom stereocenters. The summed E-state index contributed by atoms with van der Waals surface area (Å²) >= 11 is 0. The molecule has 19 heavy (non-hydrogen) atoms. The Morgan fingerprint density at radius 1 is 1.26 bits per heavy atom. The summed E-state index contributed by atoms with van der Waals surface area (Å²) in [6, 6.07) is 6.29. The molecule has 0 aromatic heterocycles. The molecule has 0 saturated carbocycles. The van der Waals surface area contributed by atoms with Crippen LogP contribution >= 0.6 is 0 Å². The molecule has 0 heterocycles. The number of benzene rings is 1. The molecule has 1 rings (SSSR count). The number of hydrogen-bond acceptors (Lipinski definition) is 3. The van der Waals surface area contributed by atoms with E-state index in [4.69, 9.17) is 4.74 Å². The average Bonchev–Trinajstić information content (AvgIpc) is 2.40. The van der Waals surface area contributed by atoms with E-state index in [-0.39, 0.29) is 5.97 Å². The zero-order chi connectivity index (χ0) is 14.3. The van der Waals surface area contributed by atoms with Crippen molar-refractivity contribution in [2.45, 2.75) is 52.5 Å². The zero-order valence-corrected chi connectivity index (χ0v) is 12.5. The van der Waals surface area contributed by atoms with Crippen LogP contribution in [0.15, 0.2) is 18.2 Å². The van der Waals surface area contributed by atoms with Gasteiger partial charge in [0.2, 0.25) is 0 Å². The van der Waals surface area contributed by atoms with Crippen molar-refractivity contribution in [1.29, 1.82) is 0 Å². The molecule has 1 N–H and O–H groups in total. The standard InChI is InChI=1S/C16H25NO2/c1-5-7-13(8-6-2)17-15-10-9-12(3)11-14(15)16(18)19-4/h9-11,13,17H,5-8H2,1-4H3. The van der Waals surface area contributed by atoms with Gasteiger partial charge in [-0.15, -0.1) is 0 Å². The molecule has 1 aromatic carbocycles. The van der Waals surface area contributed by atoms with E-state index in [2.05, 4.69) is 19.2 Å². The van der Waals surface area contributed by atoms with Gasteiger partial charge in [0.05, 0.1) is 12.7 Å². The Morgan fingerprint density at radius 3 is 2.42 bits per heavy atom. The number of hydrogen-bond donors (Lipinski definition) is 1. The Labute approximate surface area is 116 Å². The first-order valence-corrected chi connectivity index (χ1v) is 7.07. The molecule has 0 bridgehead atoms. The van der Waals surface area contributed by atoms with Crippen molar-refractivity contribution in [2.24, 2.45) is 0 Å². The topological polar surface area (TPSA) is 38.3 Å². The normalized spacial score (nSPS) is 10.6. The zero-order valence-electron chi connectivity index (χ0n) is 12.5. The third-order valence-electron chi connectivity index (χ3n) is 3.21. The lowest BCUT2D eigenvalue weighted by atomic mass is 10.0. The van der Waals surface area contributed by atoms with Crippen LogP contribution < -0.4 is 5.32 Å². The minimum atomic E-state index is -0.280. The summed E-state index contributed by atoms with van der Waals surface area (Å²) in [5.74, 6) is -0.280. The Hall–Kier alpha value is -1.51. The largest absolute Gasteiger partial charge is 0.465 e. The highest BCUT2D eigenvalue weighted by Crippen LogP contribution is 2.21. The predicted octanol–water partition coefficient (Wildman–Crippen LogP) is 4.16. The first-order valence-electron chi connectivity index (χ1n) is 7.07. The number of aryl methyl sites for hydroxylation is 1. The van der Waals surface area contributed by atoms with Gasteiger partial charge in [0, 0.05) is 11.7 Å². The molecule has 0 saturated heterocycles. The van der Waals surface area contributed by atoms with Crippen molar-refractivity contribution in [3.63, 3.8) is 0 Å². The van der Waals surface area contributed by atoms with Crippen LogP contribution in [-0.2, 0) is 4.74 Å². The fourth-order valence-electron chi connectivity index (χ4n) is 2.27. The lowest BCUT2D eigenvalue weighted by molar-refractivity contribution is 0.0601. The number of esters is 1. The van der Waals surface area contributed by atoms with Crippen molar-refractivity contribution in [2.75, 3.05) is 12.4 Å². The number of anilines is 1. The predicted molar refractivity (Wildman–Crippen MR) is 79.7 cm³/mol. The molecule has 0 radical (unpaired) electrons. The molecule has 3 heteroatoms. The second kappa shape index (κ2) is 7.82. The Kier molecular flexibility index (Phi) is 6.40. The van der Waals surface area contributed by atoms with Crippen LogP contribution in [-0.4, -0.2) is 19.1 Å². The van der Waals surface area contributed by atoms with Gasteiger partial charge in [0.15, 0.2) is 0 Å². The minimum absolute atomic E-state index is 0.280. The fraction of sp³-hybridized carbons (Fsp3) is 0.562. The summed E-state index contributed by atoms with van der Waals surface area (Å²) in [5, 5.41) is 3.49. The van der Waals surface area contributed by atoms with Gasteiger partial charge >= 0.3 is 5.97 Å². The van der Waals surface area contributed by atoms with Crippen molar-refractivity contribution in [3.05, 3.63) is 29.3 Å². The van der Waals surface area contributed by atoms with Crippen molar-refractivity contribution < 1.29 is 9.53 Å². The van der Waals surface area contributed by atoms with Gasteiger partial charge in [-0.1, -0.05) is 38.3 Å². The summed E-state index contributed by atoms with van der Waals surface area (Å²) in [5.41, 5.74) is 2.57. The first kappa shape index (κ1) is 15.5. The van der Waals surface area contributed by atoms with Crippen molar-refractivity contribution in [3.8, 4) is 0 Å². The highest BCUT2D eigenvalue weighted by Gasteiger charge is 2.15. The summed E-state index contributed by atoms with van der Waals surface area (Å²) in [6.45, 7) is 6.34. The van der Waals surface area contributed by atoms with E-state index in [0.717, 1.165) is 36.9 Å². The van der Waals surface area contributed by atoms with Gasteiger partial charge in [0.25, 0.3) is 0 Å². The van der Waals surface area contributed by atoms with Crippen LogP contribution in [0.1, 0.15) is 55.5 Å². The van der Waals surface area contributed by atoms with Crippen LogP contribution in [0, 0.1) is 6.92 Å². The molecule has 0 aliphatic rings. The van der Waals surface area contributed by atoms with Gasteiger partial charge in [-0.2, -0.15) is 0 Å². The van der Waals surface area contributed by atoms with E-state index in [1.165, 1.54) is 7.11 Å². The molecule has 0 unspecified atom stereocenters. The molecule has 106 valence electrons. The number of carbonyl (C=O) groups excluding carboxylic acids is 1. The van der Waals surface area contributed by atoms with E-state index in [1.807, 2.05) is 25.1 Å². The fourth-order valence-corrected chi connectivity index (χ4v) is 2.27. The highest BCUT2D eigenvalue weighted by atomic mass is 16.5. The number of nitrogens with one attached hydrogen (secondary N) is 1. The summed E-state index contributed by atoms with van der Waals surface area (Å²) < 4.78 is 4.85. The Morgan fingerprint density at radius 2 is 1.89 bits per heavy atom. The van der Waals surface area contributed by atoms with Crippen molar-refractivity contribution in [1.82, 2.24) is 0 Å². The average molecular weight is 263 g/mol. The summed E-state index contributed by atoms with van der Waals surface area (Å²) in [7, 11) is 1.42. The Balaban J connectivity index is 2.94. The first-order chi connectivity index (χ1) is 9.12. The molecular weight excluding hydrogens is 238 g/mol. The lowest BCUT2D eigenvalue weighted by Crippen LogP contribution is -2.21. The third kappa shape index (κ3) is 4.58. The number of methoxy groups -OCH3 is 1. The van der Waals surface area contributed by atoms with Crippen LogP contribution in [0.2, 0.25) is 0 Å². The van der Waals surface area contributed by atoms with E-state index in [0.29, 0.717) is 11.6 Å². The second-order valence-corrected chi connectivity index (χ2v) is 4.96. The number of rotatable bonds is 7. The third-order valence-corrected chi connectivity index (χ3v) is 3.21. The van der Waals surface area contributed by atoms with Crippen LogP contribution in [0.5, 0.6) is 0 Å². The van der Waals surface area contributed by atoms with Crippen LogP contribution in [0.4, 0.5) is 5.69 Å². The van der Waals surface area contributed by atoms with E-state index < -0.39 is 0 Å². The Bertz CT molecular complexity index is 409. The highest BCUT2D eigenvalue weighted by molar-refractivity contribution is 5.95. The molecule has 0 amide bonds. The van der Waals surface area contributed by atoms with Gasteiger partial charge in [-0.05, 0) is 31.9 Å². The summed E-state index contributed by atoms with van der Waals surface area (Å²) in [6.07, 6.45) is 4.50. The molecule has 0 aliphatic carbocycles. The number of ether oxygens (including phenoxy) is 1. The molecule has 0 spiro atoms. The molecule has 1 aromatic rings. The van der Waals surface area contributed by atoms with E-state index >= 15 is 0 Å². The SMILES string of the molecule is CCCC(CCC)Nc1ccc(C)cc1C(=O)OC. The quantitative estimate of drug-likeness (QED) is 0.751. The summed E-state index contributed by atoms with van der Waals surface area (Å²) in [4.78, 5) is 11.8. The van der Waals surface area contributed by atoms with Gasteiger partial charge in [-0.25, -0.2) is 4.79 Å². The smallest absolute Gasteiger partial charge is 0.339 e. The monoisotopic (exact) mass is 263 g/mol. The maximum absolute atomic E-state index is 11.8. The molecule has 0 aliphatic heterocycles. The van der Waals surface area contributed by atoms with Gasteiger partial charge < -0.3 is 10.1 Å². The van der Waals surface area contributed by atoms with Crippen LogP contribution in [0.25, 0.3) is 0 Å². The van der Waals surface area contributed by atoms with Gasteiger partial charge in [-0.3, -0.25) is 0 Å². The van der Waals surface area contributed by atoms with Gasteiger partial charge in [0.1, 0.15) is 0 Å². The minimum Gasteiger partial charge on any atom is -0.465 e. The second-order valence-electron chi connectivity index (χ2n) is 4.96. The number of carbonyl (C=O) groups is 1. The maximum atomic E-state index is 11.8. The van der Waals surface area contributed by atoms with E-state index in [9.17, 15) is 4.79 Å². The maximum Gasteiger partial charge on any atom is 0.339 e. The molecule has 0 fully saturated rings. The lowest BCUT2D eigenvalue weighted by Gasteiger charge is -2.20. The van der Waals surface area contributed by atoms with Crippen molar-refractivity contribution >= 4 is 11.7 Å². The molecule has 3 nitrogen and oxygen atoms in total.